The molecular weight excluding hydrogens is 380 g/mol. The molecule has 0 saturated heterocycles. The zero-order chi connectivity index (χ0) is 20.9. The molecule has 0 amide bonds. The van der Waals surface area contributed by atoms with Gasteiger partial charge in [-0.15, -0.1) is 5.10 Å². The number of hydrogen-bond donors (Lipinski definition) is 1. The summed E-state index contributed by atoms with van der Waals surface area (Å²) < 4.78 is 12.4. The minimum absolute atomic E-state index is 0.327. The molecule has 1 atom stereocenters. The maximum absolute atomic E-state index is 13.1. The van der Waals surface area contributed by atoms with E-state index < -0.39 is 6.10 Å². The van der Waals surface area contributed by atoms with Gasteiger partial charge in [-0.1, -0.05) is 48.0 Å². The number of furan rings is 1. The van der Waals surface area contributed by atoms with E-state index in [1.807, 2.05) is 55.5 Å². The summed E-state index contributed by atoms with van der Waals surface area (Å²) in [6.07, 6.45) is 0.851. The smallest absolute Gasteiger partial charge is 0.290 e. The molecule has 1 unspecified atom stereocenters. The highest BCUT2D eigenvalue weighted by Crippen LogP contribution is 2.20. The molecule has 0 aliphatic carbocycles. The quantitative estimate of drug-likeness (QED) is 0.488. The van der Waals surface area contributed by atoms with Crippen LogP contribution in [0.1, 0.15) is 23.0 Å². The summed E-state index contributed by atoms with van der Waals surface area (Å²) in [6, 6.07) is 20.7. The number of para-hydroxylation sites is 1. The second kappa shape index (κ2) is 8.65. The molecule has 4 aromatic rings. The number of hydrogen-bond acceptors (Lipinski definition) is 6. The molecule has 4 rings (SSSR count). The van der Waals surface area contributed by atoms with E-state index in [0.717, 1.165) is 16.9 Å². The van der Waals surface area contributed by atoms with Crippen LogP contribution >= 0.6 is 0 Å². The van der Waals surface area contributed by atoms with Gasteiger partial charge < -0.3 is 14.5 Å². The van der Waals surface area contributed by atoms with Crippen molar-refractivity contribution in [3.05, 3.63) is 84.3 Å². The molecule has 0 saturated carbocycles. The number of carbonyl (C=O) groups is 1. The Balaban J connectivity index is 1.61. The lowest BCUT2D eigenvalue weighted by molar-refractivity contribution is 0.0713. The number of nitrogens with one attached hydrogen (secondary N) is 1. The van der Waals surface area contributed by atoms with E-state index >= 15 is 0 Å². The molecule has 0 radical (unpaired) electrons. The monoisotopic (exact) mass is 402 g/mol. The lowest BCUT2D eigenvalue weighted by atomic mass is 10.1. The van der Waals surface area contributed by atoms with Crippen molar-refractivity contribution >= 4 is 11.9 Å². The van der Waals surface area contributed by atoms with Gasteiger partial charge in [-0.05, 0) is 38.1 Å². The Morgan fingerprint density at radius 3 is 2.57 bits per heavy atom. The van der Waals surface area contributed by atoms with Gasteiger partial charge in [0, 0.05) is 5.56 Å². The number of rotatable bonds is 7. The van der Waals surface area contributed by atoms with Gasteiger partial charge in [-0.25, -0.2) is 0 Å². The molecule has 0 spiro atoms. The number of aromatic nitrogens is 3. The first-order chi connectivity index (χ1) is 14.6. The molecular formula is C23H22N4O3. The Morgan fingerprint density at radius 2 is 1.87 bits per heavy atom. The van der Waals surface area contributed by atoms with Gasteiger partial charge in [0.15, 0.2) is 11.9 Å². The number of anilines is 1. The van der Waals surface area contributed by atoms with Crippen molar-refractivity contribution in [2.75, 3.05) is 5.32 Å². The van der Waals surface area contributed by atoms with Gasteiger partial charge in [0.25, 0.3) is 5.91 Å². The molecule has 0 aliphatic heterocycles. The van der Waals surface area contributed by atoms with Gasteiger partial charge in [-0.3, -0.25) is 4.79 Å². The molecule has 0 fully saturated rings. The van der Waals surface area contributed by atoms with Crippen molar-refractivity contribution in [1.29, 1.82) is 0 Å². The molecule has 7 heteroatoms. The summed E-state index contributed by atoms with van der Waals surface area (Å²) in [5.41, 5.74) is 1.96. The van der Waals surface area contributed by atoms with Gasteiger partial charge in [0.1, 0.15) is 11.5 Å². The Labute approximate surface area is 174 Å². The Kier molecular flexibility index (Phi) is 5.61. The minimum Gasteiger partial charge on any atom is -0.481 e. The first-order valence-corrected chi connectivity index (χ1v) is 9.66. The molecule has 2 aromatic carbocycles. The lowest BCUT2D eigenvalue weighted by Crippen LogP contribution is -2.31. The molecule has 152 valence electrons. The van der Waals surface area contributed by atoms with E-state index in [0.29, 0.717) is 24.1 Å². The highest BCUT2D eigenvalue weighted by molar-refractivity contribution is 5.85. The number of nitrogens with zero attached hydrogens (tertiary/aromatic N) is 3. The topological polar surface area (TPSA) is 82.2 Å². The van der Waals surface area contributed by atoms with Crippen molar-refractivity contribution in [3.63, 3.8) is 0 Å². The van der Waals surface area contributed by atoms with Crippen LogP contribution in [0, 0.1) is 6.92 Å². The molecule has 2 aromatic heterocycles. The number of ether oxygens (including phenoxy) is 1. The third-order valence-corrected chi connectivity index (χ3v) is 4.53. The summed E-state index contributed by atoms with van der Waals surface area (Å²) in [6.45, 7) is 4.08. The fourth-order valence-electron chi connectivity index (χ4n) is 2.91. The molecule has 0 aliphatic rings. The predicted octanol–water partition coefficient (Wildman–Crippen LogP) is 4.57. The largest absolute Gasteiger partial charge is 0.481 e. The van der Waals surface area contributed by atoms with Crippen molar-refractivity contribution < 1.29 is 13.9 Å². The maximum Gasteiger partial charge on any atom is 0.290 e. The maximum atomic E-state index is 13.1. The first-order valence-electron chi connectivity index (χ1n) is 9.66. The van der Waals surface area contributed by atoms with Crippen LogP contribution in [0.15, 0.2) is 77.4 Å². The fourth-order valence-corrected chi connectivity index (χ4v) is 2.91. The zero-order valence-corrected chi connectivity index (χ0v) is 16.8. The minimum atomic E-state index is -0.746. The summed E-state index contributed by atoms with van der Waals surface area (Å²) >= 11 is 0. The average molecular weight is 402 g/mol. The zero-order valence-electron chi connectivity index (χ0n) is 16.8. The second-order valence-electron chi connectivity index (χ2n) is 6.88. The summed E-state index contributed by atoms with van der Waals surface area (Å²) in [5, 5.41) is 7.59. The van der Waals surface area contributed by atoms with Crippen molar-refractivity contribution in [2.24, 2.45) is 0 Å². The molecule has 0 bridgehead atoms. The van der Waals surface area contributed by atoms with Gasteiger partial charge in [0.2, 0.25) is 5.95 Å². The standard InChI is InChI=1S/C23H22N4O3/c1-16-10-12-18(13-11-16)21-25-23(24-15-20-9-6-14-29-20)27(26-21)22(28)17(2)30-19-7-4-3-5-8-19/h3-14,17H,15H2,1-2H3,(H,24,25,26). The highest BCUT2D eigenvalue weighted by Gasteiger charge is 2.23. The van der Waals surface area contributed by atoms with Crippen LogP contribution in [0.3, 0.4) is 0 Å². The fraction of sp³-hybridized carbons (Fsp3) is 0.174. The molecule has 30 heavy (non-hydrogen) atoms. The second-order valence-corrected chi connectivity index (χ2v) is 6.88. The van der Waals surface area contributed by atoms with E-state index in [4.69, 9.17) is 9.15 Å². The Morgan fingerprint density at radius 1 is 1.10 bits per heavy atom. The molecule has 2 heterocycles. The van der Waals surface area contributed by atoms with Crippen LogP contribution in [-0.2, 0) is 6.54 Å². The summed E-state index contributed by atoms with van der Waals surface area (Å²) in [5.74, 6) is 1.80. The van der Waals surface area contributed by atoms with Crippen molar-refractivity contribution in [1.82, 2.24) is 14.8 Å². The summed E-state index contributed by atoms with van der Waals surface area (Å²) in [7, 11) is 0. The predicted molar refractivity (Wildman–Crippen MR) is 113 cm³/mol. The van der Waals surface area contributed by atoms with Crippen LogP contribution in [0.5, 0.6) is 5.75 Å². The van der Waals surface area contributed by atoms with Crippen LogP contribution in [0.25, 0.3) is 11.4 Å². The third kappa shape index (κ3) is 4.41. The SMILES string of the molecule is Cc1ccc(-c2nc(NCc3ccco3)n(C(=O)C(C)Oc3ccccc3)n2)cc1. The van der Waals surface area contributed by atoms with E-state index in [1.54, 1.807) is 31.4 Å². The number of aryl methyl sites for hydroxylation is 1. The summed E-state index contributed by atoms with van der Waals surface area (Å²) in [4.78, 5) is 17.6. The third-order valence-electron chi connectivity index (χ3n) is 4.53. The van der Waals surface area contributed by atoms with Crippen LogP contribution in [-0.4, -0.2) is 26.8 Å². The number of benzene rings is 2. The van der Waals surface area contributed by atoms with Crippen LogP contribution in [0.4, 0.5) is 5.95 Å². The Hall–Kier alpha value is -3.87. The van der Waals surface area contributed by atoms with Crippen molar-refractivity contribution in [3.8, 4) is 17.1 Å². The van der Waals surface area contributed by atoms with E-state index in [-0.39, 0.29) is 5.91 Å². The highest BCUT2D eigenvalue weighted by atomic mass is 16.5. The average Bonchev–Trinajstić information content (AvgIpc) is 3.43. The van der Waals surface area contributed by atoms with E-state index in [9.17, 15) is 4.79 Å². The van der Waals surface area contributed by atoms with Crippen LogP contribution < -0.4 is 10.1 Å². The normalized spacial score (nSPS) is 11.8. The Bertz CT molecular complexity index is 1100. The van der Waals surface area contributed by atoms with Gasteiger partial charge >= 0.3 is 0 Å². The molecule has 1 N–H and O–H groups in total. The first kappa shape index (κ1) is 19.4. The van der Waals surface area contributed by atoms with Gasteiger partial charge in [0.05, 0.1) is 12.8 Å². The molecule has 7 nitrogen and oxygen atoms in total. The van der Waals surface area contributed by atoms with Gasteiger partial charge in [-0.2, -0.15) is 9.67 Å². The number of carbonyl (C=O) groups excluding carboxylic acids is 1. The van der Waals surface area contributed by atoms with Crippen molar-refractivity contribution in [2.45, 2.75) is 26.5 Å². The van der Waals surface area contributed by atoms with E-state index in [1.165, 1.54) is 4.68 Å². The van der Waals surface area contributed by atoms with Crippen LogP contribution in [0.2, 0.25) is 0 Å². The lowest BCUT2D eigenvalue weighted by Gasteiger charge is -2.14. The van der Waals surface area contributed by atoms with E-state index in [2.05, 4.69) is 15.4 Å².